The summed E-state index contributed by atoms with van der Waals surface area (Å²) in [5.41, 5.74) is 1.24. The Bertz CT molecular complexity index is 1560. The van der Waals surface area contributed by atoms with Gasteiger partial charge in [0, 0.05) is 11.1 Å². The summed E-state index contributed by atoms with van der Waals surface area (Å²) in [5.74, 6) is -0.320. The lowest BCUT2D eigenvalue weighted by Gasteiger charge is -2.13. The second-order valence-corrected chi connectivity index (χ2v) is 8.09. The topological polar surface area (TPSA) is 123 Å². The first-order valence-corrected chi connectivity index (χ1v) is 10.5. The number of hydrogen-bond donors (Lipinski definition) is 1. The van der Waals surface area contributed by atoms with Crippen molar-refractivity contribution in [3.63, 3.8) is 0 Å². The summed E-state index contributed by atoms with van der Waals surface area (Å²) < 4.78 is 11.9. The van der Waals surface area contributed by atoms with Crippen molar-refractivity contribution in [2.45, 2.75) is 0 Å². The van der Waals surface area contributed by atoms with E-state index >= 15 is 0 Å². The molecule has 1 N–H and O–H groups in total. The third kappa shape index (κ3) is 3.21. The highest BCUT2D eigenvalue weighted by Crippen LogP contribution is 2.35. The van der Waals surface area contributed by atoms with Crippen LogP contribution in [0.1, 0.15) is 5.56 Å². The molecule has 0 radical (unpaired) electrons. The number of fused-ring (bicyclic) bond motifs is 2. The number of hydrogen-bond acceptors (Lipinski definition) is 8. The maximum atomic E-state index is 13.2. The minimum atomic E-state index is -1.15. The molecule has 0 bridgehead atoms. The Morgan fingerprint density at radius 2 is 1.85 bits per heavy atom. The Kier molecular flexibility index (Phi) is 4.82. The molecule has 0 aliphatic carbocycles. The monoisotopic (exact) mass is 464 g/mol. The van der Waals surface area contributed by atoms with Crippen molar-refractivity contribution in [2.24, 2.45) is 0 Å². The van der Waals surface area contributed by atoms with Gasteiger partial charge in [0.15, 0.2) is 17.3 Å². The Morgan fingerprint density at radius 1 is 1.09 bits per heavy atom. The average Bonchev–Trinajstić information content (AvgIpc) is 3.44. The van der Waals surface area contributed by atoms with Gasteiger partial charge in [-0.15, -0.1) is 5.10 Å². The number of carboxylic acid groups (broad SMARTS) is 1. The average molecular weight is 464 g/mol. The fourth-order valence-corrected chi connectivity index (χ4v) is 4.77. The van der Waals surface area contributed by atoms with Crippen LogP contribution in [0.3, 0.4) is 0 Å². The number of thiazole rings is 1. The Balaban J connectivity index is 1.66. The normalized spacial score (nSPS) is 14.6. The molecule has 4 aromatic rings. The fraction of sp³-hybridized carbons (Fsp3) is 0.136. The molecule has 0 saturated heterocycles. The van der Waals surface area contributed by atoms with E-state index in [1.54, 1.807) is 42.5 Å². The number of amides is 1. The molecule has 2 aromatic carbocycles. The van der Waals surface area contributed by atoms with Crippen molar-refractivity contribution in [2.75, 3.05) is 25.7 Å². The number of benzene rings is 2. The summed E-state index contributed by atoms with van der Waals surface area (Å²) in [5, 5.41) is 13.5. The van der Waals surface area contributed by atoms with Gasteiger partial charge in [-0.2, -0.15) is 9.50 Å². The van der Waals surface area contributed by atoms with Crippen LogP contribution < -0.4 is 24.5 Å². The lowest BCUT2D eigenvalue weighted by molar-refractivity contribution is -0.136. The van der Waals surface area contributed by atoms with Gasteiger partial charge in [-0.25, -0.2) is 0 Å². The van der Waals surface area contributed by atoms with Crippen LogP contribution in [0.4, 0.5) is 5.69 Å². The second kappa shape index (κ2) is 7.71. The predicted molar refractivity (Wildman–Crippen MR) is 120 cm³/mol. The molecule has 1 amide bonds. The maximum Gasteiger partial charge on any atom is 0.323 e. The van der Waals surface area contributed by atoms with E-state index in [0.717, 1.165) is 20.8 Å². The van der Waals surface area contributed by atoms with E-state index in [-0.39, 0.29) is 10.1 Å². The number of nitrogens with zero attached hydrogens (tertiary/aromatic N) is 4. The van der Waals surface area contributed by atoms with E-state index in [1.165, 1.54) is 14.2 Å². The second-order valence-electron chi connectivity index (χ2n) is 7.11. The molecule has 0 unspecified atom stereocenters. The quantitative estimate of drug-likeness (QED) is 0.467. The molecule has 0 atom stereocenters. The standard InChI is InChI=1S/C22H16N4O6S/c1-31-14-8-7-11(9-15(14)32-2)19-23-22-26(24-19)21(30)18(33-22)17-12-5-3-4-6-13(12)25(20(17)29)10-16(27)28/h3-9H,10H2,1-2H3,(H,27,28)/b18-17-. The van der Waals surface area contributed by atoms with E-state index in [0.29, 0.717) is 39.1 Å². The zero-order valence-corrected chi connectivity index (χ0v) is 18.3. The highest BCUT2D eigenvalue weighted by Gasteiger charge is 2.35. The lowest BCUT2D eigenvalue weighted by Crippen LogP contribution is -2.35. The first-order chi connectivity index (χ1) is 15.9. The number of carboxylic acids is 1. The van der Waals surface area contributed by atoms with E-state index in [1.807, 2.05) is 0 Å². The smallest absolute Gasteiger partial charge is 0.323 e. The first-order valence-electron chi connectivity index (χ1n) is 9.72. The van der Waals surface area contributed by atoms with E-state index < -0.39 is 24.0 Å². The minimum absolute atomic E-state index is 0.154. The minimum Gasteiger partial charge on any atom is -0.493 e. The van der Waals surface area contributed by atoms with Crippen LogP contribution >= 0.6 is 11.3 Å². The highest BCUT2D eigenvalue weighted by atomic mass is 32.1. The van der Waals surface area contributed by atoms with Crippen molar-refractivity contribution in [1.29, 1.82) is 0 Å². The number of aromatic nitrogens is 3. The van der Waals surface area contributed by atoms with Gasteiger partial charge in [-0.05, 0) is 24.3 Å². The molecule has 1 aliphatic rings. The summed E-state index contributed by atoms with van der Waals surface area (Å²) >= 11 is 1.03. The van der Waals surface area contributed by atoms with Gasteiger partial charge in [0.25, 0.3) is 11.5 Å². The van der Waals surface area contributed by atoms with Crippen LogP contribution in [0.2, 0.25) is 0 Å². The molecule has 3 heterocycles. The molecule has 33 heavy (non-hydrogen) atoms. The van der Waals surface area contributed by atoms with Crippen LogP contribution in [0.5, 0.6) is 11.5 Å². The van der Waals surface area contributed by atoms with Crippen LogP contribution in [0, 0.1) is 0 Å². The predicted octanol–water partition coefficient (Wildman–Crippen LogP) is 1.18. The van der Waals surface area contributed by atoms with E-state index in [9.17, 15) is 19.5 Å². The molecule has 1 aliphatic heterocycles. The molecule has 166 valence electrons. The summed E-state index contributed by atoms with van der Waals surface area (Å²) in [6, 6.07) is 12.0. The van der Waals surface area contributed by atoms with Crippen LogP contribution in [0.15, 0.2) is 47.3 Å². The van der Waals surface area contributed by atoms with Crippen molar-refractivity contribution in [3.8, 4) is 22.9 Å². The van der Waals surface area contributed by atoms with Crippen molar-refractivity contribution in [1.82, 2.24) is 14.6 Å². The number of carbonyl (C=O) groups is 2. The third-order valence-corrected chi connectivity index (χ3v) is 6.27. The van der Waals surface area contributed by atoms with E-state index in [4.69, 9.17) is 9.47 Å². The number of ether oxygens (including phenoxy) is 2. The molecule has 11 heteroatoms. The molecule has 5 rings (SSSR count). The van der Waals surface area contributed by atoms with Gasteiger partial charge >= 0.3 is 5.97 Å². The third-order valence-electron chi connectivity index (χ3n) is 5.24. The molecular formula is C22H16N4O6S. The van der Waals surface area contributed by atoms with Crippen molar-refractivity contribution >= 4 is 39.4 Å². The number of methoxy groups -OCH3 is 2. The largest absolute Gasteiger partial charge is 0.493 e. The number of rotatable bonds is 5. The van der Waals surface area contributed by atoms with Gasteiger partial charge in [0.2, 0.25) is 4.96 Å². The van der Waals surface area contributed by atoms with Gasteiger partial charge < -0.3 is 14.6 Å². The molecule has 0 saturated carbocycles. The van der Waals surface area contributed by atoms with Gasteiger partial charge in [0.05, 0.1) is 25.5 Å². The van der Waals surface area contributed by atoms with Gasteiger partial charge in [-0.1, -0.05) is 29.5 Å². The molecule has 2 aromatic heterocycles. The summed E-state index contributed by atoms with van der Waals surface area (Å²) in [6.45, 7) is -0.502. The summed E-state index contributed by atoms with van der Waals surface area (Å²) in [7, 11) is 3.05. The van der Waals surface area contributed by atoms with Gasteiger partial charge in [0.1, 0.15) is 11.1 Å². The first kappa shape index (κ1) is 20.6. The Morgan fingerprint density at radius 3 is 2.55 bits per heavy atom. The molecule has 0 spiro atoms. The van der Waals surface area contributed by atoms with Crippen molar-refractivity contribution < 1.29 is 24.2 Å². The molecule has 10 nitrogen and oxygen atoms in total. The van der Waals surface area contributed by atoms with Gasteiger partial charge in [-0.3, -0.25) is 19.3 Å². The van der Waals surface area contributed by atoms with Crippen LogP contribution in [0.25, 0.3) is 21.9 Å². The number of para-hydroxylation sites is 1. The lowest BCUT2D eigenvalue weighted by atomic mass is 10.1. The van der Waals surface area contributed by atoms with E-state index in [2.05, 4.69) is 10.1 Å². The van der Waals surface area contributed by atoms with Crippen LogP contribution in [-0.4, -0.2) is 52.3 Å². The number of anilines is 1. The van der Waals surface area contributed by atoms with Crippen LogP contribution in [-0.2, 0) is 9.59 Å². The summed E-state index contributed by atoms with van der Waals surface area (Å²) in [4.78, 5) is 43.5. The molecular weight excluding hydrogens is 448 g/mol. The summed E-state index contributed by atoms with van der Waals surface area (Å²) in [6.07, 6.45) is 0. The Hall–Kier alpha value is -4.25. The fourth-order valence-electron chi connectivity index (χ4n) is 3.77. The highest BCUT2D eigenvalue weighted by molar-refractivity contribution is 7.15. The number of carbonyl (C=O) groups excluding carboxylic acids is 1. The SMILES string of the molecule is COc1ccc(-c2nc3s/c(=C4\C(=O)N(CC(=O)O)c5ccccc54)c(=O)n3n2)cc1OC. The maximum absolute atomic E-state index is 13.2. The number of aliphatic carboxylic acids is 1. The molecule has 0 fully saturated rings. The Labute approximate surface area is 189 Å². The zero-order valence-electron chi connectivity index (χ0n) is 17.4. The zero-order chi connectivity index (χ0) is 23.3. The van der Waals surface area contributed by atoms with Crippen molar-refractivity contribution in [3.05, 3.63) is 62.9 Å².